The number of hydrogen-bond acceptors (Lipinski definition) is 2. The first-order valence-corrected chi connectivity index (χ1v) is 7.71. The number of alkyl halides is 2. The maximum absolute atomic E-state index is 13.6. The Bertz CT molecular complexity index is 480. The molecule has 0 aliphatic heterocycles. The lowest BCUT2D eigenvalue weighted by Crippen LogP contribution is -2.22. The van der Waals surface area contributed by atoms with Crippen LogP contribution in [-0.2, 0) is 11.0 Å². The van der Waals surface area contributed by atoms with Gasteiger partial charge in [0.2, 0.25) is 0 Å². The van der Waals surface area contributed by atoms with E-state index in [9.17, 15) is 8.60 Å². The first-order valence-electron chi connectivity index (χ1n) is 5.69. The fourth-order valence-corrected chi connectivity index (χ4v) is 2.36. The molecule has 19 heavy (non-hydrogen) atoms. The summed E-state index contributed by atoms with van der Waals surface area (Å²) in [6.45, 7) is 5.37. The summed E-state index contributed by atoms with van der Waals surface area (Å²) in [5.41, 5.74) is 0.693. The third-order valence-electron chi connectivity index (χ3n) is 2.30. The van der Waals surface area contributed by atoms with E-state index in [2.05, 4.69) is 20.3 Å². The van der Waals surface area contributed by atoms with Crippen molar-refractivity contribution in [1.29, 1.82) is 0 Å². The quantitative estimate of drug-likeness (QED) is 0.614. The predicted octanol–water partition coefficient (Wildman–Crippen LogP) is 3.64. The monoisotopic (exact) mass is 349 g/mol. The molecule has 0 fully saturated rings. The molecule has 0 aliphatic rings. The van der Waals surface area contributed by atoms with E-state index in [-0.39, 0.29) is 5.71 Å². The van der Waals surface area contributed by atoms with Crippen LogP contribution in [-0.4, -0.2) is 26.9 Å². The molecule has 0 radical (unpaired) electrons. The summed E-state index contributed by atoms with van der Waals surface area (Å²) < 4.78 is 34.1. The zero-order chi connectivity index (χ0) is 14.6. The van der Waals surface area contributed by atoms with Crippen molar-refractivity contribution < 1.29 is 13.3 Å². The summed E-state index contributed by atoms with van der Waals surface area (Å²) >= 11 is 2.85. The number of benzene rings is 1. The number of hydrogen-bond donors (Lipinski definition) is 0. The van der Waals surface area contributed by atoms with Gasteiger partial charge in [-0.1, -0.05) is 0 Å². The van der Waals surface area contributed by atoms with E-state index < -0.39 is 20.8 Å². The normalized spacial score (nSPS) is 16.0. The Morgan fingerprint density at radius 2 is 1.89 bits per heavy atom. The van der Waals surface area contributed by atoms with Gasteiger partial charge < -0.3 is 4.74 Å². The van der Waals surface area contributed by atoms with Gasteiger partial charge in [-0.05, 0) is 61.0 Å². The minimum atomic E-state index is -1.51. The van der Waals surface area contributed by atoms with Gasteiger partial charge in [-0.2, -0.15) is 4.40 Å². The number of nitrogens with zero attached hydrogens (tertiary/aromatic N) is 1. The Kier molecular flexibility index (Phi) is 5.67. The molecule has 3 nitrogen and oxygen atoms in total. The molecule has 0 N–H and O–H groups in total. The largest absolute Gasteiger partial charge is 0.497 e. The number of ether oxygens (including phenoxy) is 1. The molecule has 0 saturated heterocycles. The van der Waals surface area contributed by atoms with Gasteiger partial charge in [0, 0.05) is 5.56 Å². The molecule has 1 aromatic rings. The summed E-state index contributed by atoms with van der Waals surface area (Å²) in [5, 5.41) is -1.47. The molecule has 0 amide bonds. The van der Waals surface area contributed by atoms with Crippen molar-refractivity contribution in [3.8, 4) is 5.75 Å². The SMILES string of the molecule is COc1ccc(/C(=N\[S@@](=O)C(C)(C)C)C(F)Br)cc1. The predicted molar refractivity (Wildman–Crippen MR) is 81.2 cm³/mol. The summed E-state index contributed by atoms with van der Waals surface area (Å²) in [4.78, 5) is 0. The van der Waals surface area contributed by atoms with E-state index in [1.54, 1.807) is 52.1 Å². The first kappa shape index (κ1) is 16.3. The van der Waals surface area contributed by atoms with Crippen molar-refractivity contribution in [2.75, 3.05) is 7.11 Å². The molecule has 0 bridgehead atoms. The second-order valence-electron chi connectivity index (χ2n) is 4.87. The van der Waals surface area contributed by atoms with Gasteiger partial charge in [-0.25, -0.2) is 8.60 Å². The fraction of sp³-hybridized carbons (Fsp3) is 0.462. The van der Waals surface area contributed by atoms with Crippen LogP contribution in [0.15, 0.2) is 28.7 Å². The number of methoxy groups -OCH3 is 1. The highest BCUT2D eigenvalue weighted by Crippen LogP contribution is 2.20. The average Bonchev–Trinajstić information content (AvgIpc) is 2.34. The molecule has 0 spiro atoms. The van der Waals surface area contributed by atoms with Crippen LogP contribution in [0.25, 0.3) is 0 Å². The lowest BCUT2D eigenvalue weighted by Gasteiger charge is -2.15. The lowest BCUT2D eigenvalue weighted by molar-refractivity contribution is 0.415. The van der Waals surface area contributed by atoms with Gasteiger partial charge >= 0.3 is 0 Å². The van der Waals surface area contributed by atoms with Gasteiger partial charge in [0.15, 0.2) is 5.08 Å². The van der Waals surface area contributed by atoms with Crippen LogP contribution in [0.2, 0.25) is 0 Å². The van der Waals surface area contributed by atoms with Crippen molar-refractivity contribution in [1.82, 2.24) is 0 Å². The molecule has 0 saturated carbocycles. The van der Waals surface area contributed by atoms with Gasteiger partial charge in [-0.3, -0.25) is 0 Å². The first-order chi connectivity index (χ1) is 8.75. The topological polar surface area (TPSA) is 38.7 Å². The minimum Gasteiger partial charge on any atom is -0.497 e. The van der Waals surface area contributed by atoms with Crippen LogP contribution in [0.5, 0.6) is 5.75 Å². The van der Waals surface area contributed by atoms with E-state index in [0.717, 1.165) is 0 Å². The smallest absolute Gasteiger partial charge is 0.198 e. The molecule has 6 heteroatoms. The van der Waals surface area contributed by atoms with Crippen molar-refractivity contribution in [3.63, 3.8) is 0 Å². The molecule has 1 aromatic carbocycles. The Hall–Kier alpha value is -0.750. The Morgan fingerprint density at radius 1 is 1.37 bits per heavy atom. The summed E-state index contributed by atoms with van der Waals surface area (Å²) in [6.07, 6.45) is 0. The third kappa shape index (κ3) is 4.69. The van der Waals surface area contributed by atoms with Crippen LogP contribution < -0.4 is 4.74 Å². The molecule has 0 aliphatic carbocycles. The Morgan fingerprint density at radius 3 is 2.26 bits per heavy atom. The molecule has 1 unspecified atom stereocenters. The molecular formula is C13H17BrFNO2S. The van der Waals surface area contributed by atoms with Crippen molar-refractivity contribution in [2.45, 2.75) is 30.6 Å². The zero-order valence-corrected chi connectivity index (χ0v) is 13.7. The Labute approximate surface area is 124 Å². The highest BCUT2D eigenvalue weighted by Gasteiger charge is 2.22. The molecular weight excluding hydrogens is 333 g/mol. The van der Waals surface area contributed by atoms with Gasteiger partial charge in [0.25, 0.3) is 0 Å². The van der Waals surface area contributed by atoms with Crippen LogP contribution in [0.1, 0.15) is 26.3 Å². The van der Waals surface area contributed by atoms with E-state index in [1.165, 1.54) is 0 Å². The summed E-state index contributed by atoms with van der Waals surface area (Å²) in [7, 11) is 0.0478. The van der Waals surface area contributed by atoms with E-state index >= 15 is 0 Å². The second kappa shape index (κ2) is 6.61. The van der Waals surface area contributed by atoms with Crippen LogP contribution in [0, 0.1) is 0 Å². The molecule has 2 atom stereocenters. The molecule has 0 heterocycles. The highest BCUT2D eigenvalue weighted by atomic mass is 79.9. The van der Waals surface area contributed by atoms with E-state index in [1.807, 2.05) is 0 Å². The van der Waals surface area contributed by atoms with E-state index in [0.29, 0.717) is 11.3 Å². The van der Waals surface area contributed by atoms with Crippen molar-refractivity contribution in [2.24, 2.45) is 4.40 Å². The maximum Gasteiger partial charge on any atom is 0.198 e. The minimum absolute atomic E-state index is 0.121. The standard InChI is InChI=1S/C13H17BrFNO2S/c1-13(2,3)19(17)16-11(12(14)15)9-5-7-10(18-4)8-6-9/h5-8,12H,1-4H3/b16-11+/t12?,19-/m0/s1. The fourth-order valence-electron chi connectivity index (χ4n) is 1.21. The number of halogens is 2. The van der Waals surface area contributed by atoms with Crippen molar-refractivity contribution >= 4 is 32.6 Å². The third-order valence-corrected chi connectivity index (χ3v) is 4.14. The summed E-state index contributed by atoms with van der Waals surface area (Å²) in [5.74, 6) is 0.671. The lowest BCUT2D eigenvalue weighted by atomic mass is 10.1. The van der Waals surface area contributed by atoms with Gasteiger partial charge in [-0.15, -0.1) is 0 Å². The van der Waals surface area contributed by atoms with E-state index in [4.69, 9.17) is 4.74 Å². The maximum atomic E-state index is 13.6. The zero-order valence-electron chi connectivity index (χ0n) is 11.3. The van der Waals surface area contributed by atoms with Crippen LogP contribution in [0.4, 0.5) is 4.39 Å². The molecule has 1 rings (SSSR count). The summed E-state index contributed by atoms with van der Waals surface area (Å²) in [6, 6.07) is 6.79. The van der Waals surface area contributed by atoms with Crippen LogP contribution >= 0.6 is 15.9 Å². The Balaban J connectivity index is 3.13. The molecule has 0 aromatic heterocycles. The van der Waals surface area contributed by atoms with Crippen molar-refractivity contribution in [3.05, 3.63) is 29.8 Å². The second-order valence-corrected chi connectivity index (χ2v) is 7.58. The highest BCUT2D eigenvalue weighted by molar-refractivity contribution is 9.09. The van der Waals surface area contributed by atoms with Gasteiger partial charge in [0.1, 0.15) is 22.4 Å². The van der Waals surface area contributed by atoms with Crippen LogP contribution in [0.3, 0.4) is 0 Å². The van der Waals surface area contributed by atoms with Gasteiger partial charge in [0.05, 0.1) is 11.9 Å². The molecule has 106 valence electrons. The number of rotatable bonds is 4. The average molecular weight is 350 g/mol.